The van der Waals surface area contributed by atoms with Gasteiger partial charge >= 0.3 is 0 Å². The highest BCUT2D eigenvalue weighted by Crippen LogP contribution is 2.44. The smallest absolute Gasteiger partial charge is 0.0488 e. The van der Waals surface area contributed by atoms with Gasteiger partial charge in [0.15, 0.2) is 0 Å². The molecule has 198 valence electrons. The van der Waals surface area contributed by atoms with E-state index in [0.717, 1.165) is 0 Å². The van der Waals surface area contributed by atoms with E-state index >= 15 is 0 Å². The molecular weight excluding hydrogens is 506 g/mol. The molecule has 0 fully saturated rings. The summed E-state index contributed by atoms with van der Waals surface area (Å²) in [7, 11) is 2.15. The Bertz CT molecular complexity index is 2160. The average molecular weight is 536 g/mol. The third kappa shape index (κ3) is 3.94. The summed E-state index contributed by atoms with van der Waals surface area (Å²) in [5.41, 5.74) is 11.2. The quantitative estimate of drug-likeness (QED) is 0.198. The Morgan fingerprint density at radius 3 is 1.29 bits per heavy atom. The predicted molar refractivity (Wildman–Crippen MR) is 180 cm³/mol. The van der Waals surface area contributed by atoms with Crippen molar-refractivity contribution in [2.24, 2.45) is 7.05 Å². The lowest BCUT2D eigenvalue weighted by molar-refractivity contribution is 0.978. The second-order valence-electron chi connectivity index (χ2n) is 11.0. The first-order valence-corrected chi connectivity index (χ1v) is 14.5. The summed E-state index contributed by atoms with van der Waals surface area (Å²) in [4.78, 5) is 0. The fourth-order valence-electron chi connectivity index (χ4n) is 6.58. The van der Waals surface area contributed by atoms with Gasteiger partial charge in [-0.15, -0.1) is 0 Å². The third-order valence-corrected chi connectivity index (χ3v) is 8.63. The molecule has 1 heteroatoms. The Labute approximate surface area is 245 Å². The summed E-state index contributed by atoms with van der Waals surface area (Å²) < 4.78 is 2.28. The van der Waals surface area contributed by atoms with Gasteiger partial charge in [0, 0.05) is 23.6 Å². The first-order valence-electron chi connectivity index (χ1n) is 14.5. The van der Waals surface area contributed by atoms with E-state index in [-0.39, 0.29) is 0 Å². The molecule has 7 aromatic carbocycles. The van der Waals surface area contributed by atoms with Crippen molar-refractivity contribution in [1.29, 1.82) is 0 Å². The molecule has 42 heavy (non-hydrogen) atoms. The van der Waals surface area contributed by atoms with Crippen molar-refractivity contribution in [2.45, 2.75) is 0 Å². The van der Waals surface area contributed by atoms with Crippen LogP contribution in [-0.4, -0.2) is 4.57 Å². The second kappa shape index (κ2) is 9.90. The summed E-state index contributed by atoms with van der Waals surface area (Å²) in [6, 6.07) is 57.3. The van der Waals surface area contributed by atoms with Crippen molar-refractivity contribution in [2.75, 3.05) is 0 Å². The molecule has 0 saturated heterocycles. The molecule has 0 saturated carbocycles. The van der Waals surface area contributed by atoms with Crippen LogP contribution in [0.15, 0.2) is 158 Å². The lowest BCUT2D eigenvalue weighted by atomic mass is 9.85. The first-order chi connectivity index (χ1) is 20.8. The maximum Gasteiger partial charge on any atom is 0.0488 e. The topological polar surface area (TPSA) is 4.93 Å². The van der Waals surface area contributed by atoms with Gasteiger partial charge in [-0.1, -0.05) is 146 Å². The SMILES string of the molecule is Cn1c(-c2ccc(-c3c4ccccc4c(-c4ccc(-c5ccccc5)cc4)c4ccccc34)cc2)cc2ccccc21. The first kappa shape index (κ1) is 24.4. The van der Waals surface area contributed by atoms with Gasteiger partial charge in [-0.25, -0.2) is 0 Å². The van der Waals surface area contributed by atoms with Gasteiger partial charge in [0.2, 0.25) is 0 Å². The zero-order chi connectivity index (χ0) is 28.0. The molecular formula is C41H29N. The molecule has 1 heterocycles. The monoisotopic (exact) mass is 535 g/mol. The highest BCUT2D eigenvalue weighted by atomic mass is 14.9. The molecule has 0 radical (unpaired) electrons. The van der Waals surface area contributed by atoms with Gasteiger partial charge in [0.05, 0.1) is 0 Å². The molecule has 8 aromatic rings. The van der Waals surface area contributed by atoms with Gasteiger partial charge in [0.25, 0.3) is 0 Å². The van der Waals surface area contributed by atoms with Crippen molar-refractivity contribution < 1.29 is 0 Å². The molecule has 0 aliphatic rings. The van der Waals surface area contributed by atoms with Gasteiger partial charge in [-0.3, -0.25) is 0 Å². The standard InChI is InChI=1S/C41H29N/c1-42-38-18-10-5-13-33(38)27-39(42)30-21-25-32(26-22-30)41-36-16-8-6-14-34(36)40(35-15-7-9-17-37(35)41)31-23-19-29(20-24-31)28-11-3-2-4-12-28/h2-27H,1H3. The van der Waals surface area contributed by atoms with Crippen LogP contribution in [-0.2, 0) is 7.05 Å². The molecule has 8 rings (SSSR count). The van der Waals surface area contributed by atoms with E-state index in [1.54, 1.807) is 0 Å². The number of benzene rings is 7. The molecule has 1 nitrogen and oxygen atoms in total. The zero-order valence-corrected chi connectivity index (χ0v) is 23.5. The Hall–Kier alpha value is -5.40. The maximum atomic E-state index is 2.29. The number of nitrogens with zero attached hydrogens (tertiary/aromatic N) is 1. The molecule has 1 aromatic heterocycles. The minimum atomic E-state index is 1.22. The van der Waals surface area contributed by atoms with Crippen LogP contribution in [0.2, 0.25) is 0 Å². The van der Waals surface area contributed by atoms with E-state index in [0.29, 0.717) is 0 Å². The second-order valence-corrected chi connectivity index (χ2v) is 11.0. The maximum absolute atomic E-state index is 2.29. The van der Waals surface area contributed by atoms with Crippen LogP contribution < -0.4 is 0 Å². The van der Waals surface area contributed by atoms with Crippen molar-refractivity contribution in [1.82, 2.24) is 4.57 Å². The Morgan fingerprint density at radius 1 is 0.357 bits per heavy atom. The van der Waals surface area contributed by atoms with Gasteiger partial charge in [-0.2, -0.15) is 0 Å². The summed E-state index contributed by atoms with van der Waals surface area (Å²) in [6.07, 6.45) is 0. The Balaban J connectivity index is 1.29. The van der Waals surface area contributed by atoms with E-state index < -0.39 is 0 Å². The minimum Gasteiger partial charge on any atom is -0.344 e. The fourth-order valence-corrected chi connectivity index (χ4v) is 6.58. The molecule has 0 bridgehead atoms. The average Bonchev–Trinajstić information content (AvgIpc) is 3.40. The lowest BCUT2D eigenvalue weighted by Crippen LogP contribution is -1.92. The number of aromatic nitrogens is 1. The molecule has 0 atom stereocenters. The fraction of sp³-hybridized carbons (Fsp3) is 0.0244. The number of fused-ring (bicyclic) bond motifs is 3. The highest BCUT2D eigenvalue weighted by molar-refractivity contribution is 6.21. The lowest BCUT2D eigenvalue weighted by Gasteiger charge is -2.18. The van der Waals surface area contributed by atoms with E-state index in [1.165, 1.54) is 77.1 Å². The number of para-hydroxylation sites is 1. The Kier molecular flexibility index (Phi) is 5.75. The van der Waals surface area contributed by atoms with Gasteiger partial charge < -0.3 is 4.57 Å². The van der Waals surface area contributed by atoms with Crippen LogP contribution in [0.5, 0.6) is 0 Å². The summed E-state index contributed by atoms with van der Waals surface area (Å²) >= 11 is 0. The van der Waals surface area contributed by atoms with Crippen molar-refractivity contribution in [3.63, 3.8) is 0 Å². The van der Waals surface area contributed by atoms with Crippen LogP contribution in [0.4, 0.5) is 0 Å². The summed E-state index contributed by atoms with van der Waals surface area (Å²) in [5.74, 6) is 0. The van der Waals surface area contributed by atoms with Crippen molar-refractivity contribution in [3.05, 3.63) is 158 Å². The van der Waals surface area contributed by atoms with Crippen LogP contribution in [0.1, 0.15) is 0 Å². The van der Waals surface area contributed by atoms with Crippen LogP contribution >= 0.6 is 0 Å². The minimum absolute atomic E-state index is 1.22. The molecule has 0 spiro atoms. The van der Waals surface area contributed by atoms with Gasteiger partial charge in [-0.05, 0) is 72.6 Å². The van der Waals surface area contributed by atoms with Gasteiger partial charge in [0.1, 0.15) is 0 Å². The molecule has 0 unspecified atom stereocenters. The largest absolute Gasteiger partial charge is 0.344 e. The number of hydrogen-bond donors (Lipinski definition) is 0. The molecule has 0 aliphatic heterocycles. The number of aryl methyl sites for hydroxylation is 1. The van der Waals surface area contributed by atoms with E-state index in [9.17, 15) is 0 Å². The van der Waals surface area contributed by atoms with E-state index in [4.69, 9.17) is 0 Å². The number of hydrogen-bond acceptors (Lipinski definition) is 0. The Morgan fingerprint density at radius 2 is 0.762 bits per heavy atom. The van der Waals surface area contributed by atoms with Crippen molar-refractivity contribution in [3.8, 4) is 44.6 Å². The van der Waals surface area contributed by atoms with Crippen LogP contribution in [0, 0.1) is 0 Å². The van der Waals surface area contributed by atoms with Crippen LogP contribution in [0.3, 0.4) is 0 Å². The zero-order valence-electron chi connectivity index (χ0n) is 23.5. The third-order valence-electron chi connectivity index (χ3n) is 8.63. The van der Waals surface area contributed by atoms with E-state index in [2.05, 4.69) is 169 Å². The molecule has 0 aliphatic carbocycles. The summed E-state index contributed by atoms with van der Waals surface area (Å²) in [5, 5.41) is 6.36. The predicted octanol–water partition coefficient (Wildman–Crippen LogP) is 11.2. The van der Waals surface area contributed by atoms with Crippen LogP contribution in [0.25, 0.3) is 77.1 Å². The normalized spacial score (nSPS) is 11.5. The summed E-state index contributed by atoms with van der Waals surface area (Å²) in [6.45, 7) is 0. The van der Waals surface area contributed by atoms with E-state index in [1.807, 2.05) is 0 Å². The highest BCUT2D eigenvalue weighted by Gasteiger charge is 2.17. The molecule has 0 N–H and O–H groups in total. The number of rotatable bonds is 4. The molecule has 0 amide bonds. The van der Waals surface area contributed by atoms with Crippen molar-refractivity contribution >= 4 is 32.4 Å².